The molecule has 106 valence electrons. The molecule has 0 bridgehead atoms. The average Bonchev–Trinajstić information content (AvgIpc) is 2.49. The van der Waals surface area contributed by atoms with Crippen molar-refractivity contribution in [2.24, 2.45) is 0 Å². The molecule has 20 heavy (non-hydrogen) atoms. The molecule has 0 radical (unpaired) electrons. The van der Waals surface area contributed by atoms with E-state index >= 15 is 0 Å². The number of rotatable bonds is 6. The minimum absolute atomic E-state index is 0.766. The normalized spacial score (nSPS) is 10.3. The number of hydrogen-bond acceptors (Lipinski definition) is 4. The molecule has 0 saturated heterocycles. The number of para-hydroxylation sites is 1. The lowest BCUT2D eigenvalue weighted by atomic mass is 10.2. The van der Waals surface area contributed by atoms with Crippen LogP contribution >= 0.6 is 0 Å². The molecule has 0 spiro atoms. The quantitative estimate of drug-likeness (QED) is 0.875. The highest BCUT2D eigenvalue weighted by atomic mass is 16.5. The first kappa shape index (κ1) is 14.3. The zero-order chi connectivity index (χ0) is 14.4. The summed E-state index contributed by atoms with van der Waals surface area (Å²) < 4.78 is 5.38. The van der Waals surface area contributed by atoms with Crippen molar-refractivity contribution in [3.63, 3.8) is 0 Å². The van der Waals surface area contributed by atoms with E-state index in [1.165, 1.54) is 5.56 Å². The number of nitrogens with zero attached hydrogens (tertiary/aromatic N) is 2. The number of methoxy groups -OCH3 is 1. The summed E-state index contributed by atoms with van der Waals surface area (Å²) in [5.41, 5.74) is 2.33. The second kappa shape index (κ2) is 6.91. The van der Waals surface area contributed by atoms with Crippen LogP contribution in [0.15, 0.2) is 42.6 Å². The van der Waals surface area contributed by atoms with Crippen LogP contribution < -0.4 is 15.0 Å². The number of benzene rings is 1. The van der Waals surface area contributed by atoms with Gasteiger partial charge in [-0.15, -0.1) is 0 Å². The van der Waals surface area contributed by atoms with E-state index in [4.69, 9.17) is 4.74 Å². The number of ether oxygens (including phenoxy) is 1. The molecule has 1 aromatic carbocycles. The van der Waals surface area contributed by atoms with E-state index in [-0.39, 0.29) is 0 Å². The van der Waals surface area contributed by atoms with E-state index in [1.54, 1.807) is 7.11 Å². The molecule has 0 aliphatic rings. The van der Waals surface area contributed by atoms with Crippen molar-refractivity contribution in [3.05, 3.63) is 53.7 Å². The first-order valence-corrected chi connectivity index (χ1v) is 6.67. The molecule has 0 atom stereocenters. The first-order chi connectivity index (χ1) is 9.74. The summed E-state index contributed by atoms with van der Waals surface area (Å²) in [4.78, 5) is 6.61. The number of hydrogen-bond donors (Lipinski definition) is 1. The molecule has 1 aromatic heterocycles. The maximum absolute atomic E-state index is 5.38. The van der Waals surface area contributed by atoms with E-state index < -0.39 is 0 Å². The van der Waals surface area contributed by atoms with Gasteiger partial charge in [-0.1, -0.05) is 24.3 Å². The predicted octanol–water partition coefficient (Wildman–Crippen LogP) is 2.45. The van der Waals surface area contributed by atoms with Gasteiger partial charge in [0.2, 0.25) is 0 Å². The Balaban J connectivity index is 2.09. The van der Waals surface area contributed by atoms with Gasteiger partial charge in [0.1, 0.15) is 11.6 Å². The van der Waals surface area contributed by atoms with Gasteiger partial charge >= 0.3 is 0 Å². The van der Waals surface area contributed by atoms with Gasteiger partial charge in [0, 0.05) is 31.9 Å². The second-order valence-corrected chi connectivity index (χ2v) is 4.72. The Bertz CT molecular complexity index is 540. The average molecular weight is 271 g/mol. The Morgan fingerprint density at radius 1 is 1.20 bits per heavy atom. The van der Waals surface area contributed by atoms with Crippen molar-refractivity contribution in [3.8, 4) is 5.75 Å². The predicted molar refractivity (Wildman–Crippen MR) is 82.1 cm³/mol. The zero-order valence-electron chi connectivity index (χ0n) is 12.3. The monoisotopic (exact) mass is 271 g/mol. The Hall–Kier alpha value is -2.07. The van der Waals surface area contributed by atoms with Crippen molar-refractivity contribution in [2.45, 2.75) is 13.1 Å². The molecule has 0 fully saturated rings. The van der Waals surface area contributed by atoms with Gasteiger partial charge in [-0.05, 0) is 24.7 Å². The van der Waals surface area contributed by atoms with Crippen LogP contribution in [0.2, 0.25) is 0 Å². The van der Waals surface area contributed by atoms with Gasteiger partial charge in [0.25, 0.3) is 0 Å². The number of pyridine rings is 1. The fraction of sp³-hybridized carbons (Fsp3) is 0.312. The number of anilines is 1. The molecule has 1 heterocycles. The summed E-state index contributed by atoms with van der Waals surface area (Å²) in [5.74, 6) is 1.86. The molecule has 0 aliphatic carbocycles. The lowest BCUT2D eigenvalue weighted by Crippen LogP contribution is -2.18. The Labute approximate surface area is 120 Å². The molecule has 4 heteroatoms. The summed E-state index contributed by atoms with van der Waals surface area (Å²) in [6.45, 7) is 1.60. The minimum Gasteiger partial charge on any atom is -0.496 e. The van der Waals surface area contributed by atoms with Crippen molar-refractivity contribution >= 4 is 5.82 Å². The van der Waals surface area contributed by atoms with E-state index in [1.807, 2.05) is 44.6 Å². The number of nitrogens with one attached hydrogen (secondary N) is 1. The Kier molecular flexibility index (Phi) is 4.96. The fourth-order valence-corrected chi connectivity index (χ4v) is 2.12. The van der Waals surface area contributed by atoms with Gasteiger partial charge in [-0.25, -0.2) is 4.98 Å². The highest BCUT2D eigenvalue weighted by Crippen LogP contribution is 2.21. The number of aromatic nitrogens is 1. The third kappa shape index (κ3) is 3.48. The van der Waals surface area contributed by atoms with Crippen LogP contribution in [0.1, 0.15) is 11.1 Å². The highest BCUT2D eigenvalue weighted by Gasteiger charge is 2.07. The third-order valence-corrected chi connectivity index (χ3v) is 3.18. The molecule has 0 aliphatic heterocycles. The van der Waals surface area contributed by atoms with Crippen molar-refractivity contribution in [1.82, 2.24) is 10.3 Å². The van der Waals surface area contributed by atoms with Crippen LogP contribution in [0, 0.1) is 0 Å². The molecule has 0 unspecified atom stereocenters. The van der Waals surface area contributed by atoms with Crippen LogP contribution in [0.3, 0.4) is 0 Å². The van der Waals surface area contributed by atoms with Crippen LogP contribution in [0.4, 0.5) is 5.82 Å². The maximum atomic E-state index is 5.38. The lowest BCUT2D eigenvalue weighted by molar-refractivity contribution is 0.409. The summed E-state index contributed by atoms with van der Waals surface area (Å²) in [7, 11) is 5.66. The molecule has 2 rings (SSSR count). The summed E-state index contributed by atoms with van der Waals surface area (Å²) >= 11 is 0. The summed E-state index contributed by atoms with van der Waals surface area (Å²) in [6, 6.07) is 12.2. The van der Waals surface area contributed by atoms with Crippen molar-refractivity contribution < 1.29 is 4.74 Å². The smallest absolute Gasteiger partial charge is 0.128 e. The van der Waals surface area contributed by atoms with Crippen LogP contribution in [-0.2, 0) is 13.1 Å². The second-order valence-electron chi connectivity index (χ2n) is 4.72. The zero-order valence-corrected chi connectivity index (χ0v) is 12.3. The SMILES string of the molecule is CNCc1ccc(N(C)Cc2ccccc2OC)nc1. The molecule has 0 saturated carbocycles. The van der Waals surface area contributed by atoms with Crippen LogP contribution in [-0.4, -0.2) is 26.2 Å². The first-order valence-electron chi connectivity index (χ1n) is 6.67. The summed E-state index contributed by atoms with van der Waals surface area (Å²) in [6.07, 6.45) is 1.91. The van der Waals surface area contributed by atoms with Gasteiger partial charge in [0.15, 0.2) is 0 Å². The maximum Gasteiger partial charge on any atom is 0.128 e. The van der Waals surface area contributed by atoms with Gasteiger partial charge in [-0.2, -0.15) is 0 Å². The van der Waals surface area contributed by atoms with Crippen molar-refractivity contribution in [1.29, 1.82) is 0 Å². The molecular weight excluding hydrogens is 250 g/mol. The molecular formula is C16H21N3O. The third-order valence-electron chi connectivity index (χ3n) is 3.18. The van der Waals surface area contributed by atoms with Crippen molar-refractivity contribution in [2.75, 3.05) is 26.1 Å². The standard InChI is InChI=1S/C16H21N3O/c1-17-10-13-8-9-16(18-11-13)19(2)12-14-6-4-5-7-15(14)20-3/h4-9,11,17H,10,12H2,1-3H3. The van der Waals surface area contributed by atoms with Gasteiger partial charge in [0.05, 0.1) is 7.11 Å². The van der Waals surface area contributed by atoms with E-state index in [9.17, 15) is 0 Å². The van der Waals surface area contributed by atoms with Crippen LogP contribution in [0.25, 0.3) is 0 Å². The largest absolute Gasteiger partial charge is 0.496 e. The lowest BCUT2D eigenvalue weighted by Gasteiger charge is -2.19. The van der Waals surface area contributed by atoms with Gasteiger partial charge in [-0.3, -0.25) is 0 Å². The summed E-state index contributed by atoms with van der Waals surface area (Å²) in [5, 5.41) is 3.12. The Morgan fingerprint density at radius 2 is 2.00 bits per heavy atom. The molecule has 2 aromatic rings. The highest BCUT2D eigenvalue weighted by molar-refractivity contribution is 5.42. The minimum atomic E-state index is 0.766. The van der Waals surface area contributed by atoms with Gasteiger partial charge < -0.3 is 15.0 Å². The molecule has 1 N–H and O–H groups in total. The fourth-order valence-electron chi connectivity index (χ4n) is 2.12. The van der Waals surface area contributed by atoms with E-state index in [0.717, 1.165) is 30.2 Å². The molecule has 4 nitrogen and oxygen atoms in total. The molecule has 0 amide bonds. The Morgan fingerprint density at radius 3 is 2.65 bits per heavy atom. The van der Waals surface area contributed by atoms with E-state index in [0.29, 0.717) is 0 Å². The van der Waals surface area contributed by atoms with E-state index in [2.05, 4.69) is 27.3 Å². The van der Waals surface area contributed by atoms with Crippen LogP contribution in [0.5, 0.6) is 5.75 Å². The topological polar surface area (TPSA) is 37.4 Å².